The van der Waals surface area contributed by atoms with Crippen molar-refractivity contribution in [2.75, 3.05) is 17.3 Å². The van der Waals surface area contributed by atoms with Crippen LogP contribution in [-0.4, -0.2) is 41.6 Å². The monoisotopic (exact) mass is 506 g/mol. The Kier molecular flexibility index (Phi) is 7.26. The number of benzene rings is 2. The van der Waals surface area contributed by atoms with Gasteiger partial charge in [-0.3, -0.25) is 24.1 Å². The molecule has 0 saturated carbocycles. The summed E-state index contributed by atoms with van der Waals surface area (Å²) in [6.07, 6.45) is 2.82. The van der Waals surface area contributed by atoms with Gasteiger partial charge in [0.1, 0.15) is 11.7 Å². The lowest BCUT2D eigenvalue weighted by molar-refractivity contribution is -0.146. The highest BCUT2D eigenvalue weighted by Crippen LogP contribution is 2.25. The normalized spacial score (nSPS) is 17.7. The Morgan fingerprint density at radius 1 is 1.22 bits per heavy atom. The number of nitrogens with zero attached hydrogens (tertiary/aromatic N) is 2. The molecular weight excluding hydrogens is 480 g/mol. The molecule has 4 amide bonds. The molecule has 2 aliphatic rings. The third-order valence-electron chi connectivity index (χ3n) is 6.34. The number of amides is 4. The zero-order chi connectivity index (χ0) is 26.0. The van der Waals surface area contributed by atoms with E-state index >= 15 is 0 Å². The SMILES string of the molecule is C=C1CCC(N2C(=O)C=C(Nc3cccc(CCC(=O)N(C)c4ccc(C)c(Cl)c4)c3)C2=O)C(=O)N1. The van der Waals surface area contributed by atoms with Gasteiger partial charge in [-0.2, -0.15) is 0 Å². The van der Waals surface area contributed by atoms with Gasteiger partial charge in [0.2, 0.25) is 11.8 Å². The number of allylic oxidation sites excluding steroid dienone is 1. The number of carbonyl (C=O) groups is 4. The maximum atomic E-state index is 12.9. The zero-order valence-corrected chi connectivity index (χ0v) is 20.9. The van der Waals surface area contributed by atoms with Crippen LogP contribution < -0.4 is 15.5 Å². The molecule has 2 N–H and O–H groups in total. The van der Waals surface area contributed by atoms with E-state index in [9.17, 15) is 19.2 Å². The number of anilines is 2. The van der Waals surface area contributed by atoms with Crippen molar-refractivity contribution in [3.63, 3.8) is 0 Å². The van der Waals surface area contributed by atoms with E-state index in [4.69, 9.17) is 11.6 Å². The third kappa shape index (κ3) is 5.33. The first-order valence-corrected chi connectivity index (χ1v) is 12.0. The summed E-state index contributed by atoms with van der Waals surface area (Å²) < 4.78 is 0. The second-order valence-electron chi connectivity index (χ2n) is 8.93. The first-order chi connectivity index (χ1) is 17.1. The van der Waals surface area contributed by atoms with Gasteiger partial charge in [0.25, 0.3) is 11.8 Å². The standard InChI is InChI=1S/C27H27ClN4O4/c1-16-7-10-20(14-21(16)28)31(3)24(33)12-9-18-5-4-6-19(13-18)30-22-15-25(34)32(27(22)36)23-11-8-17(2)29-26(23)35/h4-7,10,13-15,23,30H,2,8-9,11-12H2,1,3H3,(H,29,35). The number of nitrogens with one attached hydrogen (secondary N) is 2. The lowest BCUT2D eigenvalue weighted by atomic mass is 10.0. The van der Waals surface area contributed by atoms with Crippen molar-refractivity contribution in [2.45, 2.75) is 38.6 Å². The Bertz CT molecular complexity index is 1300. The summed E-state index contributed by atoms with van der Waals surface area (Å²) in [4.78, 5) is 53.0. The summed E-state index contributed by atoms with van der Waals surface area (Å²) in [5.74, 6) is -1.55. The van der Waals surface area contributed by atoms with Crippen molar-refractivity contribution in [2.24, 2.45) is 0 Å². The molecule has 0 aliphatic carbocycles. The molecule has 2 aliphatic heterocycles. The quantitative estimate of drug-likeness (QED) is 0.558. The van der Waals surface area contributed by atoms with Gasteiger partial charge in [-0.05, 0) is 61.6 Å². The maximum absolute atomic E-state index is 12.9. The molecular formula is C27H27ClN4O4. The van der Waals surface area contributed by atoms with Crippen molar-refractivity contribution in [1.29, 1.82) is 0 Å². The highest BCUT2D eigenvalue weighted by atomic mass is 35.5. The number of imide groups is 1. The van der Waals surface area contributed by atoms with Crippen LogP contribution in [0.1, 0.15) is 30.4 Å². The number of carbonyl (C=O) groups excluding carboxylic acids is 4. The molecule has 0 aromatic heterocycles. The number of piperidine rings is 1. The summed E-state index contributed by atoms with van der Waals surface area (Å²) in [6.45, 7) is 5.63. The fraction of sp³-hybridized carbons (Fsp3) is 0.259. The van der Waals surface area contributed by atoms with Gasteiger partial charge in [0, 0.05) is 41.6 Å². The van der Waals surface area contributed by atoms with E-state index in [1.807, 2.05) is 37.3 Å². The fourth-order valence-corrected chi connectivity index (χ4v) is 4.37. The molecule has 1 atom stereocenters. The van der Waals surface area contributed by atoms with Crippen LogP contribution in [0.5, 0.6) is 0 Å². The third-order valence-corrected chi connectivity index (χ3v) is 6.75. The summed E-state index contributed by atoms with van der Waals surface area (Å²) in [5.41, 5.74) is 3.84. The second kappa shape index (κ2) is 10.4. The summed E-state index contributed by atoms with van der Waals surface area (Å²) in [5, 5.41) is 6.20. The van der Waals surface area contributed by atoms with Crippen LogP contribution in [0.4, 0.5) is 11.4 Å². The van der Waals surface area contributed by atoms with E-state index in [2.05, 4.69) is 17.2 Å². The number of halogens is 1. The minimum absolute atomic E-state index is 0.0587. The number of hydrogen-bond donors (Lipinski definition) is 2. The molecule has 36 heavy (non-hydrogen) atoms. The van der Waals surface area contributed by atoms with Crippen LogP contribution in [-0.2, 0) is 25.6 Å². The highest BCUT2D eigenvalue weighted by molar-refractivity contribution is 6.31. The van der Waals surface area contributed by atoms with Crippen LogP contribution in [0.3, 0.4) is 0 Å². The van der Waals surface area contributed by atoms with E-state index in [1.54, 1.807) is 24.1 Å². The molecule has 1 saturated heterocycles. The minimum atomic E-state index is -0.858. The Hall–Kier alpha value is -3.91. The van der Waals surface area contributed by atoms with E-state index in [-0.39, 0.29) is 18.0 Å². The summed E-state index contributed by atoms with van der Waals surface area (Å²) >= 11 is 6.19. The van der Waals surface area contributed by atoms with E-state index in [1.165, 1.54) is 6.08 Å². The molecule has 9 heteroatoms. The zero-order valence-electron chi connectivity index (χ0n) is 20.1. The highest BCUT2D eigenvalue weighted by Gasteiger charge is 2.41. The Morgan fingerprint density at radius 3 is 2.72 bits per heavy atom. The molecule has 1 unspecified atom stereocenters. The Morgan fingerprint density at radius 2 is 2.00 bits per heavy atom. The van der Waals surface area contributed by atoms with Gasteiger partial charge in [-0.25, -0.2) is 0 Å². The summed E-state index contributed by atoms with van der Waals surface area (Å²) in [6, 6.07) is 11.9. The second-order valence-corrected chi connectivity index (χ2v) is 9.34. The predicted octanol–water partition coefficient (Wildman–Crippen LogP) is 3.70. The number of rotatable bonds is 7. The molecule has 4 rings (SSSR count). The van der Waals surface area contributed by atoms with Gasteiger partial charge in [-0.1, -0.05) is 36.4 Å². The smallest absolute Gasteiger partial charge is 0.278 e. The first-order valence-electron chi connectivity index (χ1n) is 11.6. The molecule has 2 heterocycles. The van der Waals surface area contributed by atoms with Gasteiger partial charge in [0.05, 0.1) is 0 Å². The van der Waals surface area contributed by atoms with Crippen LogP contribution in [0.25, 0.3) is 0 Å². The first kappa shape index (κ1) is 25.2. The topological polar surface area (TPSA) is 98.8 Å². The van der Waals surface area contributed by atoms with Crippen LogP contribution in [0, 0.1) is 6.92 Å². The van der Waals surface area contributed by atoms with Crippen molar-refractivity contribution in [3.8, 4) is 0 Å². The minimum Gasteiger partial charge on any atom is -0.351 e. The van der Waals surface area contributed by atoms with Crippen LogP contribution in [0.15, 0.2) is 66.5 Å². The van der Waals surface area contributed by atoms with Gasteiger partial charge < -0.3 is 15.5 Å². The lowest BCUT2D eigenvalue weighted by Crippen LogP contribution is -2.52. The molecule has 0 radical (unpaired) electrons. The van der Waals surface area contributed by atoms with Crippen LogP contribution >= 0.6 is 11.6 Å². The molecule has 2 aromatic rings. The Labute approximate surface area is 214 Å². The number of hydrogen-bond acceptors (Lipinski definition) is 5. The van der Waals surface area contributed by atoms with Crippen molar-refractivity contribution in [1.82, 2.24) is 10.2 Å². The van der Waals surface area contributed by atoms with Gasteiger partial charge in [0.15, 0.2) is 0 Å². The van der Waals surface area contributed by atoms with E-state index < -0.39 is 23.8 Å². The van der Waals surface area contributed by atoms with Gasteiger partial charge >= 0.3 is 0 Å². The van der Waals surface area contributed by atoms with E-state index in [0.717, 1.165) is 21.7 Å². The van der Waals surface area contributed by atoms with Crippen molar-refractivity contribution < 1.29 is 19.2 Å². The van der Waals surface area contributed by atoms with Crippen molar-refractivity contribution in [3.05, 3.63) is 82.7 Å². The maximum Gasteiger partial charge on any atom is 0.278 e. The molecule has 0 spiro atoms. The summed E-state index contributed by atoms with van der Waals surface area (Å²) in [7, 11) is 1.71. The molecule has 1 fully saturated rings. The van der Waals surface area contributed by atoms with Gasteiger partial charge in [-0.15, -0.1) is 0 Å². The fourth-order valence-electron chi connectivity index (χ4n) is 4.19. The molecule has 2 aromatic carbocycles. The van der Waals surface area contributed by atoms with E-state index in [0.29, 0.717) is 35.7 Å². The number of aryl methyl sites for hydroxylation is 2. The average Bonchev–Trinajstić information content (AvgIpc) is 3.11. The largest absolute Gasteiger partial charge is 0.351 e. The lowest BCUT2D eigenvalue weighted by Gasteiger charge is -2.29. The predicted molar refractivity (Wildman–Crippen MR) is 138 cm³/mol. The van der Waals surface area contributed by atoms with Crippen LogP contribution in [0.2, 0.25) is 5.02 Å². The molecule has 0 bridgehead atoms. The molecule has 8 nitrogen and oxygen atoms in total. The average molecular weight is 507 g/mol. The molecule has 186 valence electrons. The Balaban J connectivity index is 1.37. The van der Waals surface area contributed by atoms with Crippen molar-refractivity contribution >= 4 is 46.6 Å².